The van der Waals surface area contributed by atoms with Gasteiger partial charge in [-0.1, -0.05) is 6.92 Å². The number of hydrogen-bond donors (Lipinski definition) is 1. The molecule has 1 aromatic carbocycles. The van der Waals surface area contributed by atoms with Gasteiger partial charge in [-0.15, -0.1) is 0 Å². The smallest absolute Gasteiger partial charge is 0.163 e. The number of benzene rings is 1. The van der Waals surface area contributed by atoms with Crippen molar-refractivity contribution in [1.82, 2.24) is 9.55 Å². The van der Waals surface area contributed by atoms with Crippen LogP contribution in [0.3, 0.4) is 0 Å². The van der Waals surface area contributed by atoms with Crippen LogP contribution < -0.4 is 15.2 Å². The third-order valence-electron chi connectivity index (χ3n) is 3.14. The van der Waals surface area contributed by atoms with Crippen molar-refractivity contribution in [1.29, 1.82) is 0 Å². The number of aryl methyl sites for hydroxylation is 1. The molecule has 0 radical (unpaired) electrons. The second-order valence-electron chi connectivity index (χ2n) is 4.61. The lowest BCUT2D eigenvalue weighted by Gasteiger charge is -2.11. The lowest BCUT2D eigenvalue weighted by molar-refractivity contribution is 0.355. The van der Waals surface area contributed by atoms with Crippen molar-refractivity contribution >= 4 is 11.0 Å². The summed E-state index contributed by atoms with van der Waals surface area (Å²) < 4.78 is 12.8. The maximum Gasteiger partial charge on any atom is 0.163 e. The van der Waals surface area contributed by atoms with Gasteiger partial charge in [0, 0.05) is 18.7 Å². The first-order valence-corrected chi connectivity index (χ1v) is 6.50. The second-order valence-corrected chi connectivity index (χ2v) is 4.61. The number of ether oxygens (including phenoxy) is 2. The zero-order chi connectivity index (χ0) is 14.0. The topological polar surface area (TPSA) is 62.3 Å². The summed E-state index contributed by atoms with van der Waals surface area (Å²) in [6.07, 6.45) is 1.03. The molecule has 104 valence electrons. The third kappa shape index (κ3) is 2.38. The molecule has 0 bridgehead atoms. The van der Waals surface area contributed by atoms with E-state index < -0.39 is 0 Å². The Hall–Kier alpha value is -1.75. The minimum absolute atomic E-state index is 0.101. The van der Waals surface area contributed by atoms with Crippen LogP contribution in [-0.4, -0.2) is 23.8 Å². The molecule has 1 aromatic heterocycles. The quantitative estimate of drug-likeness (QED) is 0.900. The fourth-order valence-electron chi connectivity index (χ4n) is 2.28. The number of methoxy groups -OCH3 is 2. The second kappa shape index (κ2) is 5.48. The van der Waals surface area contributed by atoms with Gasteiger partial charge < -0.3 is 19.8 Å². The van der Waals surface area contributed by atoms with E-state index in [2.05, 4.69) is 16.5 Å². The lowest BCUT2D eigenvalue weighted by Crippen LogP contribution is -2.13. The van der Waals surface area contributed by atoms with E-state index in [4.69, 9.17) is 15.2 Å². The first-order chi connectivity index (χ1) is 9.12. The van der Waals surface area contributed by atoms with Crippen LogP contribution in [0.2, 0.25) is 0 Å². The van der Waals surface area contributed by atoms with Gasteiger partial charge in [-0.25, -0.2) is 4.98 Å². The van der Waals surface area contributed by atoms with Crippen molar-refractivity contribution in [2.45, 2.75) is 32.9 Å². The van der Waals surface area contributed by atoms with Crippen LogP contribution in [0, 0.1) is 0 Å². The highest BCUT2D eigenvalue weighted by atomic mass is 16.5. The molecule has 0 fully saturated rings. The molecule has 5 nitrogen and oxygen atoms in total. The average molecular weight is 263 g/mol. The molecule has 0 spiro atoms. The molecule has 2 aromatic rings. The number of imidazole rings is 1. The van der Waals surface area contributed by atoms with Crippen LogP contribution in [0.25, 0.3) is 11.0 Å². The highest BCUT2D eigenvalue weighted by Gasteiger charge is 2.16. The van der Waals surface area contributed by atoms with Gasteiger partial charge >= 0.3 is 0 Å². The number of nitrogens with zero attached hydrogens (tertiary/aromatic N) is 2. The summed E-state index contributed by atoms with van der Waals surface area (Å²) in [7, 11) is 3.26. The third-order valence-corrected chi connectivity index (χ3v) is 3.14. The van der Waals surface area contributed by atoms with Gasteiger partial charge in [-0.05, 0) is 13.3 Å². The van der Waals surface area contributed by atoms with Gasteiger partial charge in [-0.3, -0.25) is 0 Å². The van der Waals surface area contributed by atoms with Crippen LogP contribution in [-0.2, 0) is 6.54 Å². The van der Waals surface area contributed by atoms with Crippen molar-refractivity contribution in [2.24, 2.45) is 5.73 Å². The molecule has 2 N–H and O–H groups in total. The molecule has 0 saturated heterocycles. The summed E-state index contributed by atoms with van der Waals surface area (Å²) in [6, 6.07) is 3.76. The van der Waals surface area contributed by atoms with Crippen molar-refractivity contribution < 1.29 is 9.47 Å². The van der Waals surface area contributed by atoms with E-state index in [0.717, 1.165) is 29.8 Å². The van der Waals surface area contributed by atoms with Gasteiger partial charge in [0.2, 0.25) is 0 Å². The molecule has 0 amide bonds. The van der Waals surface area contributed by atoms with Crippen LogP contribution in [0.15, 0.2) is 12.1 Å². The Kier molecular flexibility index (Phi) is 3.95. The molecule has 2 rings (SSSR count). The summed E-state index contributed by atoms with van der Waals surface area (Å²) in [5, 5.41) is 0. The van der Waals surface area contributed by atoms with Gasteiger partial charge in [0.1, 0.15) is 5.82 Å². The molecule has 19 heavy (non-hydrogen) atoms. The molecule has 1 unspecified atom stereocenters. The zero-order valence-corrected chi connectivity index (χ0v) is 11.9. The molecule has 0 saturated carbocycles. The van der Waals surface area contributed by atoms with Gasteiger partial charge in [-0.2, -0.15) is 0 Å². The first kappa shape index (κ1) is 13.7. The van der Waals surface area contributed by atoms with Crippen molar-refractivity contribution in [2.75, 3.05) is 14.2 Å². The fourth-order valence-corrected chi connectivity index (χ4v) is 2.28. The first-order valence-electron chi connectivity index (χ1n) is 6.50. The normalized spacial score (nSPS) is 12.7. The average Bonchev–Trinajstić information content (AvgIpc) is 2.76. The highest BCUT2D eigenvalue weighted by molar-refractivity contribution is 5.80. The number of rotatable bonds is 5. The van der Waals surface area contributed by atoms with Crippen LogP contribution >= 0.6 is 0 Å². The predicted molar refractivity (Wildman–Crippen MR) is 75.7 cm³/mol. The Balaban J connectivity index is 2.69. The molecule has 1 heterocycles. The Bertz CT molecular complexity index is 576. The maximum atomic E-state index is 6.00. The van der Waals surface area contributed by atoms with Crippen molar-refractivity contribution in [3.63, 3.8) is 0 Å². The minimum atomic E-state index is -0.101. The minimum Gasteiger partial charge on any atom is -0.493 e. The summed E-state index contributed by atoms with van der Waals surface area (Å²) in [5.74, 6) is 2.29. The van der Waals surface area contributed by atoms with Gasteiger partial charge in [0.05, 0.1) is 31.3 Å². The summed E-state index contributed by atoms with van der Waals surface area (Å²) >= 11 is 0. The zero-order valence-electron chi connectivity index (χ0n) is 11.9. The van der Waals surface area contributed by atoms with Crippen LogP contribution in [0.1, 0.15) is 32.1 Å². The largest absolute Gasteiger partial charge is 0.493 e. The van der Waals surface area contributed by atoms with E-state index >= 15 is 0 Å². The fraction of sp³-hybridized carbons (Fsp3) is 0.500. The van der Waals surface area contributed by atoms with E-state index in [0.29, 0.717) is 11.5 Å². The summed E-state index contributed by atoms with van der Waals surface area (Å²) in [6.45, 7) is 4.97. The summed E-state index contributed by atoms with van der Waals surface area (Å²) in [4.78, 5) is 4.62. The van der Waals surface area contributed by atoms with E-state index in [1.807, 2.05) is 19.1 Å². The summed E-state index contributed by atoms with van der Waals surface area (Å²) in [5.41, 5.74) is 7.93. The molecular weight excluding hydrogens is 242 g/mol. The maximum absolute atomic E-state index is 6.00. The van der Waals surface area contributed by atoms with Gasteiger partial charge in [0.15, 0.2) is 11.5 Å². The number of aromatic nitrogens is 2. The highest BCUT2D eigenvalue weighted by Crippen LogP contribution is 2.33. The predicted octanol–water partition coefficient (Wildman–Crippen LogP) is 2.48. The van der Waals surface area contributed by atoms with Crippen molar-refractivity contribution in [3.8, 4) is 11.5 Å². The van der Waals surface area contributed by atoms with E-state index in [-0.39, 0.29) is 6.04 Å². The van der Waals surface area contributed by atoms with Gasteiger partial charge in [0.25, 0.3) is 0 Å². The lowest BCUT2D eigenvalue weighted by atomic mass is 10.2. The molecule has 1 atom stereocenters. The Morgan fingerprint density at radius 3 is 2.42 bits per heavy atom. The standard InChI is InChI=1S/C14H21N3O2/c1-5-6-17-11-8-13(19-4)12(18-3)7-10(11)16-14(17)9(2)15/h7-9H,5-6,15H2,1-4H3. The molecule has 0 aliphatic heterocycles. The Labute approximate surface area is 113 Å². The number of nitrogens with two attached hydrogens (primary N) is 1. The van der Waals surface area contributed by atoms with Crippen LogP contribution in [0.5, 0.6) is 11.5 Å². The van der Waals surface area contributed by atoms with E-state index in [1.165, 1.54) is 0 Å². The SMILES string of the molecule is CCCn1c(C(C)N)nc2cc(OC)c(OC)cc21. The van der Waals surface area contributed by atoms with E-state index in [1.54, 1.807) is 14.2 Å². The Morgan fingerprint density at radius 2 is 1.89 bits per heavy atom. The monoisotopic (exact) mass is 263 g/mol. The van der Waals surface area contributed by atoms with Crippen molar-refractivity contribution in [3.05, 3.63) is 18.0 Å². The number of hydrogen-bond acceptors (Lipinski definition) is 4. The molecular formula is C14H21N3O2. The van der Waals surface area contributed by atoms with E-state index in [9.17, 15) is 0 Å². The molecule has 5 heteroatoms. The Morgan fingerprint density at radius 1 is 1.26 bits per heavy atom. The molecule has 0 aliphatic carbocycles. The molecule has 0 aliphatic rings. The number of fused-ring (bicyclic) bond motifs is 1. The van der Waals surface area contributed by atoms with Crippen LogP contribution in [0.4, 0.5) is 0 Å².